The number of nitrogens with zero attached hydrogens (tertiary/aromatic N) is 5. The maximum absolute atomic E-state index is 12.9. The van der Waals surface area contributed by atoms with Crippen molar-refractivity contribution in [2.24, 2.45) is 5.10 Å². The molecule has 0 aliphatic rings. The predicted octanol–water partition coefficient (Wildman–Crippen LogP) is 4.57. The summed E-state index contributed by atoms with van der Waals surface area (Å²) in [5.74, 6) is -0.330. The summed E-state index contributed by atoms with van der Waals surface area (Å²) in [7, 11) is 0. The van der Waals surface area contributed by atoms with Crippen LogP contribution in [0.5, 0.6) is 0 Å². The molecule has 5 aromatic rings. The molecule has 7 heteroatoms. The van der Waals surface area contributed by atoms with Crippen LogP contribution in [0.3, 0.4) is 0 Å². The first kappa shape index (κ1) is 20.4. The summed E-state index contributed by atoms with van der Waals surface area (Å²) in [5, 5.41) is 8.91. The molecule has 0 saturated heterocycles. The van der Waals surface area contributed by atoms with Gasteiger partial charge in [0.2, 0.25) is 0 Å². The Labute approximate surface area is 191 Å². The lowest BCUT2D eigenvalue weighted by molar-refractivity contribution is 0.0948. The summed E-state index contributed by atoms with van der Waals surface area (Å²) in [6.45, 7) is 3.81. The van der Waals surface area contributed by atoms with Gasteiger partial charge in [-0.15, -0.1) is 0 Å². The Morgan fingerprint density at radius 1 is 1.00 bits per heavy atom. The van der Waals surface area contributed by atoms with E-state index in [0.29, 0.717) is 17.1 Å². The smallest absolute Gasteiger partial charge is 0.290 e. The van der Waals surface area contributed by atoms with Crippen molar-refractivity contribution >= 4 is 17.8 Å². The molecule has 0 atom stereocenters. The van der Waals surface area contributed by atoms with Crippen molar-refractivity contribution < 1.29 is 4.79 Å². The maximum atomic E-state index is 12.9. The Balaban J connectivity index is 1.45. The van der Waals surface area contributed by atoms with Crippen LogP contribution in [0.15, 0.2) is 90.3 Å². The second-order valence-electron chi connectivity index (χ2n) is 7.75. The van der Waals surface area contributed by atoms with Gasteiger partial charge < -0.3 is 0 Å². The van der Waals surface area contributed by atoms with Gasteiger partial charge in [-0.3, -0.25) is 9.20 Å². The molecule has 1 N–H and O–H groups in total. The second-order valence-corrected chi connectivity index (χ2v) is 7.75. The van der Waals surface area contributed by atoms with Crippen molar-refractivity contribution in [1.82, 2.24) is 24.6 Å². The number of hydrogen-bond donors (Lipinski definition) is 1. The molecule has 0 unspecified atom stereocenters. The van der Waals surface area contributed by atoms with Crippen LogP contribution < -0.4 is 5.43 Å². The number of imidazole rings is 1. The van der Waals surface area contributed by atoms with Gasteiger partial charge in [0, 0.05) is 18.0 Å². The molecule has 3 aromatic heterocycles. The highest BCUT2D eigenvalue weighted by atomic mass is 16.2. The fourth-order valence-electron chi connectivity index (χ4n) is 3.78. The second kappa shape index (κ2) is 8.55. The molecule has 0 bridgehead atoms. The molecule has 33 heavy (non-hydrogen) atoms. The molecule has 0 saturated carbocycles. The van der Waals surface area contributed by atoms with E-state index < -0.39 is 0 Å². The number of aromatic nitrogens is 4. The summed E-state index contributed by atoms with van der Waals surface area (Å²) >= 11 is 0. The van der Waals surface area contributed by atoms with Crippen LogP contribution in [0, 0.1) is 13.8 Å². The van der Waals surface area contributed by atoms with Gasteiger partial charge in [0.15, 0.2) is 0 Å². The van der Waals surface area contributed by atoms with Gasteiger partial charge in [0.1, 0.15) is 17.0 Å². The van der Waals surface area contributed by atoms with Crippen molar-refractivity contribution in [2.45, 2.75) is 13.8 Å². The van der Waals surface area contributed by atoms with E-state index in [9.17, 15) is 4.79 Å². The minimum atomic E-state index is -0.330. The summed E-state index contributed by atoms with van der Waals surface area (Å²) in [6, 6.07) is 23.7. The largest absolute Gasteiger partial charge is 0.295 e. The van der Waals surface area contributed by atoms with Crippen LogP contribution >= 0.6 is 0 Å². The molecule has 7 nitrogen and oxygen atoms in total. The predicted molar refractivity (Wildman–Crippen MR) is 129 cm³/mol. The molecular weight excluding hydrogens is 412 g/mol. The number of para-hydroxylation sites is 1. The molecule has 162 valence electrons. The Kier molecular flexibility index (Phi) is 5.28. The molecule has 3 heterocycles. The van der Waals surface area contributed by atoms with Gasteiger partial charge >= 0.3 is 0 Å². The first-order valence-corrected chi connectivity index (χ1v) is 10.6. The van der Waals surface area contributed by atoms with E-state index in [0.717, 1.165) is 28.0 Å². The number of benzene rings is 2. The van der Waals surface area contributed by atoms with Crippen molar-refractivity contribution in [3.63, 3.8) is 0 Å². The molecule has 0 aliphatic heterocycles. The van der Waals surface area contributed by atoms with E-state index in [4.69, 9.17) is 5.10 Å². The number of hydrogen-bond acceptors (Lipinski definition) is 4. The zero-order valence-corrected chi connectivity index (χ0v) is 18.3. The Morgan fingerprint density at radius 2 is 1.73 bits per heavy atom. The minimum Gasteiger partial charge on any atom is -0.295 e. The Morgan fingerprint density at radius 3 is 2.48 bits per heavy atom. The lowest BCUT2D eigenvalue weighted by atomic mass is 10.1. The average molecular weight is 435 g/mol. The van der Waals surface area contributed by atoms with E-state index >= 15 is 0 Å². The van der Waals surface area contributed by atoms with Crippen molar-refractivity contribution in [3.8, 4) is 16.8 Å². The number of carbonyl (C=O) groups is 1. The number of rotatable bonds is 5. The summed E-state index contributed by atoms with van der Waals surface area (Å²) < 4.78 is 3.58. The number of aryl methyl sites for hydroxylation is 2. The van der Waals surface area contributed by atoms with E-state index in [1.165, 1.54) is 0 Å². The van der Waals surface area contributed by atoms with Gasteiger partial charge in [0.25, 0.3) is 5.91 Å². The molecular formula is C26H22N6O. The Bertz CT molecular complexity index is 1470. The molecule has 0 spiro atoms. The maximum Gasteiger partial charge on any atom is 0.290 e. The van der Waals surface area contributed by atoms with Gasteiger partial charge in [-0.05, 0) is 49.2 Å². The Hall–Kier alpha value is -4.52. The van der Waals surface area contributed by atoms with Crippen molar-refractivity contribution in [3.05, 3.63) is 108 Å². The van der Waals surface area contributed by atoms with Gasteiger partial charge in [0.05, 0.1) is 17.6 Å². The fraction of sp³-hybridized carbons (Fsp3) is 0.0769. The number of nitrogens with one attached hydrogen (secondary N) is 1. The van der Waals surface area contributed by atoms with E-state index in [-0.39, 0.29) is 5.91 Å². The van der Waals surface area contributed by atoms with E-state index in [2.05, 4.69) is 15.5 Å². The summed E-state index contributed by atoms with van der Waals surface area (Å²) in [5.41, 5.74) is 9.07. The number of hydrazone groups is 1. The molecule has 0 aliphatic carbocycles. The summed E-state index contributed by atoms with van der Waals surface area (Å²) in [6.07, 6.45) is 5.38. The zero-order valence-electron chi connectivity index (χ0n) is 18.3. The van der Waals surface area contributed by atoms with Gasteiger partial charge in [-0.2, -0.15) is 10.2 Å². The highest BCUT2D eigenvalue weighted by Crippen LogP contribution is 2.23. The first-order valence-electron chi connectivity index (χ1n) is 10.6. The fourth-order valence-corrected chi connectivity index (χ4v) is 3.78. The van der Waals surface area contributed by atoms with Gasteiger partial charge in [-0.1, -0.05) is 48.5 Å². The van der Waals surface area contributed by atoms with Crippen molar-refractivity contribution in [2.75, 3.05) is 0 Å². The first-order chi connectivity index (χ1) is 16.1. The topological polar surface area (TPSA) is 76.6 Å². The molecule has 0 radical (unpaired) electrons. The SMILES string of the molecule is Cc1ccn2c(C(=O)N/N=C\c3nn(-c4ccccc4)cc3-c3ccccc3)c(C)nc2c1. The molecule has 1 amide bonds. The van der Waals surface area contributed by atoms with Gasteiger partial charge in [-0.25, -0.2) is 15.1 Å². The van der Waals surface area contributed by atoms with Crippen molar-refractivity contribution in [1.29, 1.82) is 0 Å². The average Bonchev–Trinajstić information content (AvgIpc) is 3.40. The summed E-state index contributed by atoms with van der Waals surface area (Å²) in [4.78, 5) is 17.4. The number of fused-ring (bicyclic) bond motifs is 1. The van der Waals surface area contributed by atoms with E-state index in [1.54, 1.807) is 10.6 Å². The molecule has 0 fully saturated rings. The molecule has 2 aromatic carbocycles. The molecule has 5 rings (SSSR count). The van der Waals surface area contributed by atoms with Crippen LogP contribution in [0.2, 0.25) is 0 Å². The number of amides is 1. The normalized spacial score (nSPS) is 11.3. The van der Waals surface area contributed by atoms with Crippen LogP contribution in [0.1, 0.15) is 27.4 Å². The number of pyridine rings is 1. The highest BCUT2D eigenvalue weighted by Gasteiger charge is 2.16. The lowest BCUT2D eigenvalue weighted by Crippen LogP contribution is -2.20. The monoisotopic (exact) mass is 434 g/mol. The third-order valence-corrected chi connectivity index (χ3v) is 5.37. The third kappa shape index (κ3) is 4.04. The minimum absolute atomic E-state index is 0.330. The highest BCUT2D eigenvalue weighted by molar-refractivity contribution is 5.96. The van der Waals surface area contributed by atoms with Crippen LogP contribution in [0.25, 0.3) is 22.5 Å². The third-order valence-electron chi connectivity index (χ3n) is 5.37. The van der Waals surface area contributed by atoms with Crippen LogP contribution in [-0.4, -0.2) is 31.3 Å². The number of carbonyl (C=O) groups excluding carboxylic acids is 1. The van der Waals surface area contributed by atoms with E-state index in [1.807, 2.05) is 104 Å². The standard InChI is InChI=1S/C26H22N6O/c1-18-13-14-31-24(15-18)28-19(2)25(31)26(33)29-27-16-23-22(20-9-5-3-6-10-20)17-32(30-23)21-11-7-4-8-12-21/h3-17H,1-2H3,(H,29,33)/b27-16-. The van der Waals surface area contributed by atoms with Crippen LogP contribution in [0.4, 0.5) is 0 Å². The zero-order chi connectivity index (χ0) is 22.8. The lowest BCUT2D eigenvalue weighted by Gasteiger charge is -2.02. The van der Waals surface area contributed by atoms with Crippen LogP contribution in [-0.2, 0) is 0 Å². The quantitative estimate of drug-likeness (QED) is 0.325.